The molecule has 0 saturated carbocycles. The van der Waals surface area contributed by atoms with E-state index >= 15 is 0 Å². The minimum absolute atomic E-state index is 0.178. The van der Waals surface area contributed by atoms with E-state index in [1.807, 2.05) is 61.5 Å². The highest BCUT2D eigenvalue weighted by Crippen LogP contribution is 2.16. The van der Waals surface area contributed by atoms with Gasteiger partial charge in [0.2, 0.25) is 5.43 Å². The quantitative estimate of drug-likeness (QED) is 0.669. The Kier molecular flexibility index (Phi) is 6.34. The lowest BCUT2D eigenvalue weighted by molar-refractivity contribution is 0.0930. The Morgan fingerprint density at radius 1 is 1.10 bits per heavy atom. The van der Waals surface area contributed by atoms with Gasteiger partial charge >= 0.3 is 0 Å². The topological polar surface area (TPSA) is 69.6 Å². The molecule has 0 unspecified atom stereocenters. The fraction of sp³-hybridized carbons (Fsp3) is 0.217. The molecule has 1 heterocycles. The van der Waals surface area contributed by atoms with E-state index in [2.05, 4.69) is 5.32 Å². The Labute approximate surface area is 169 Å². The average molecular weight is 392 g/mol. The summed E-state index contributed by atoms with van der Waals surface area (Å²) in [5.74, 6) is 0.585. The number of nitrogens with zero attached hydrogens (tertiary/aromatic N) is 1. The van der Waals surface area contributed by atoms with Gasteiger partial charge in [0.1, 0.15) is 18.1 Å². The van der Waals surface area contributed by atoms with Crippen LogP contribution in [-0.2, 0) is 13.7 Å². The molecule has 1 amide bonds. The second-order valence-electron chi connectivity index (χ2n) is 6.74. The number of aryl methyl sites for hydroxylation is 1. The van der Waals surface area contributed by atoms with E-state index in [-0.39, 0.29) is 35.4 Å². The molecule has 1 N–H and O–H groups in total. The summed E-state index contributed by atoms with van der Waals surface area (Å²) in [4.78, 5) is 25.1. The van der Waals surface area contributed by atoms with E-state index in [9.17, 15) is 9.59 Å². The molecule has 2 aromatic carbocycles. The number of carbonyl (C=O) groups is 1. The van der Waals surface area contributed by atoms with E-state index in [0.29, 0.717) is 0 Å². The van der Waals surface area contributed by atoms with Crippen molar-refractivity contribution in [1.29, 1.82) is 0 Å². The van der Waals surface area contributed by atoms with Crippen molar-refractivity contribution in [2.24, 2.45) is 7.05 Å². The monoisotopic (exact) mass is 392 g/mol. The second-order valence-corrected chi connectivity index (χ2v) is 6.74. The van der Waals surface area contributed by atoms with Gasteiger partial charge in [0.05, 0.1) is 19.3 Å². The van der Waals surface area contributed by atoms with Crippen molar-refractivity contribution in [1.82, 2.24) is 9.88 Å². The SMILES string of the molecule is COc1cccc(COc2cn(C)c(C(=O)N[C@H](C)c3ccccc3)cc2=O)c1. The maximum Gasteiger partial charge on any atom is 0.268 e. The highest BCUT2D eigenvalue weighted by molar-refractivity contribution is 5.92. The van der Waals surface area contributed by atoms with Crippen LogP contribution in [-0.4, -0.2) is 17.6 Å². The molecule has 6 heteroatoms. The van der Waals surface area contributed by atoms with Crippen LogP contribution in [0.4, 0.5) is 0 Å². The number of methoxy groups -OCH3 is 1. The number of carbonyl (C=O) groups excluding carboxylic acids is 1. The zero-order chi connectivity index (χ0) is 20.8. The molecule has 0 bridgehead atoms. The summed E-state index contributed by atoms with van der Waals surface area (Å²) in [6.45, 7) is 2.12. The Morgan fingerprint density at radius 3 is 2.59 bits per heavy atom. The summed E-state index contributed by atoms with van der Waals surface area (Å²) >= 11 is 0. The Bertz CT molecular complexity index is 1040. The van der Waals surface area contributed by atoms with E-state index in [0.717, 1.165) is 16.9 Å². The fourth-order valence-electron chi connectivity index (χ4n) is 2.96. The lowest BCUT2D eigenvalue weighted by atomic mass is 10.1. The third-order valence-corrected chi connectivity index (χ3v) is 4.61. The molecule has 0 spiro atoms. The van der Waals surface area contributed by atoms with Crippen LogP contribution in [0, 0.1) is 0 Å². The van der Waals surface area contributed by atoms with Gasteiger partial charge in [-0.15, -0.1) is 0 Å². The molecule has 0 fully saturated rings. The number of aromatic nitrogens is 1. The van der Waals surface area contributed by atoms with Crippen LogP contribution in [0.1, 0.15) is 34.6 Å². The van der Waals surface area contributed by atoms with Crippen molar-refractivity contribution in [2.45, 2.75) is 19.6 Å². The van der Waals surface area contributed by atoms with Gasteiger partial charge in [-0.2, -0.15) is 0 Å². The number of pyridine rings is 1. The smallest absolute Gasteiger partial charge is 0.268 e. The molecule has 1 atom stereocenters. The van der Waals surface area contributed by atoms with E-state index in [4.69, 9.17) is 9.47 Å². The van der Waals surface area contributed by atoms with Gasteiger partial charge in [-0.3, -0.25) is 9.59 Å². The summed E-state index contributed by atoms with van der Waals surface area (Å²) in [5.41, 5.74) is 1.80. The van der Waals surface area contributed by atoms with E-state index < -0.39 is 0 Å². The fourth-order valence-corrected chi connectivity index (χ4v) is 2.96. The number of hydrogen-bond donors (Lipinski definition) is 1. The Balaban J connectivity index is 1.71. The highest BCUT2D eigenvalue weighted by atomic mass is 16.5. The normalized spacial score (nSPS) is 11.6. The summed E-state index contributed by atoms with van der Waals surface area (Å²) in [7, 11) is 3.30. The largest absolute Gasteiger partial charge is 0.497 e. The average Bonchev–Trinajstić information content (AvgIpc) is 2.74. The number of benzene rings is 2. The molecule has 0 aliphatic carbocycles. The van der Waals surface area contributed by atoms with Gasteiger partial charge in [-0.05, 0) is 30.2 Å². The van der Waals surface area contributed by atoms with Crippen LogP contribution < -0.4 is 20.2 Å². The maximum atomic E-state index is 12.6. The Morgan fingerprint density at radius 2 is 1.86 bits per heavy atom. The van der Waals surface area contributed by atoms with Crippen LogP contribution in [0.15, 0.2) is 71.7 Å². The van der Waals surface area contributed by atoms with Gasteiger partial charge < -0.3 is 19.4 Å². The predicted octanol–water partition coefficient (Wildman–Crippen LogP) is 3.46. The molecule has 0 aliphatic rings. The van der Waals surface area contributed by atoms with Gasteiger partial charge in [0.25, 0.3) is 5.91 Å². The maximum absolute atomic E-state index is 12.6. The first-order valence-corrected chi connectivity index (χ1v) is 9.30. The molecule has 3 rings (SSSR count). The molecule has 6 nitrogen and oxygen atoms in total. The van der Waals surface area contributed by atoms with Gasteiger partial charge in [-0.25, -0.2) is 0 Å². The summed E-state index contributed by atoms with van der Waals surface area (Å²) in [6.07, 6.45) is 1.53. The minimum atomic E-state index is -0.344. The Hall–Kier alpha value is -3.54. The lowest BCUT2D eigenvalue weighted by Gasteiger charge is -2.16. The highest BCUT2D eigenvalue weighted by Gasteiger charge is 2.16. The molecule has 0 radical (unpaired) electrons. The number of rotatable bonds is 7. The van der Waals surface area contributed by atoms with E-state index in [1.54, 1.807) is 18.7 Å². The molecular weight excluding hydrogens is 368 g/mol. The van der Waals surface area contributed by atoms with E-state index in [1.165, 1.54) is 12.3 Å². The zero-order valence-electron chi connectivity index (χ0n) is 16.7. The van der Waals surface area contributed by atoms with Gasteiger partial charge in [0, 0.05) is 13.1 Å². The van der Waals surface area contributed by atoms with Crippen LogP contribution in [0.5, 0.6) is 11.5 Å². The molecule has 0 saturated heterocycles. The number of amides is 1. The predicted molar refractivity (Wildman–Crippen MR) is 111 cm³/mol. The van der Waals surface area contributed by atoms with Crippen LogP contribution in [0.25, 0.3) is 0 Å². The van der Waals surface area contributed by atoms with Crippen LogP contribution in [0.3, 0.4) is 0 Å². The minimum Gasteiger partial charge on any atom is -0.497 e. The lowest BCUT2D eigenvalue weighted by Crippen LogP contribution is -2.30. The molecule has 3 aromatic rings. The second kappa shape index (κ2) is 9.10. The van der Waals surface area contributed by atoms with Crippen molar-refractivity contribution in [3.8, 4) is 11.5 Å². The summed E-state index contributed by atoms with van der Waals surface area (Å²) < 4.78 is 12.4. The van der Waals surface area contributed by atoms with Crippen molar-refractivity contribution in [2.75, 3.05) is 7.11 Å². The zero-order valence-corrected chi connectivity index (χ0v) is 16.7. The number of nitrogens with one attached hydrogen (secondary N) is 1. The number of ether oxygens (including phenoxy) is 2. The standard InChI is InChI=1S/C23H24N2O4/c1-16(18-9-5-4-6-10-18)24-23(27)20-13-21(26)22(14-25(20)2)29-15-17-8-7-11-19(12-17)28-3/h4-14,16H,15H2,1-3H3,(H,24,27)/t16-/m1/s1. The molecule has 150 valence electrons. The third kappa shape index (κ3) is 5.04. The van der Waals surface area contributed by atoms with Crippen molar-refractivity contribution >= 4 is 5.91 Å². The molecule has 0 aliphatic heterocycles. The number of hydrogen-bond acceptors (Lipinski definition) is 4. The molecular formula is C23H24N2O4. The first-order chi connectivity index (χ1) is 14.0. The summed E-state index contributed by atoms with van der Waals surface area (Å²) in [6, 6.07) is 18.2. The molecule has 29 heavy (non-hydrogen) atoms. The van der Waals surface area contributed by atoms with Gasteiger partial charge in [0.15, 0.2) is 5.75 Å². The van der Waals surface area contributed by atoms with Crippen LogP contribution >= 0.6 is 0 Å². The van der Waals surface area contributed by atoms with Crippen molar-refractivity contribution < 1.29 is 14.3 Å². The van der Waals surface area contributed by atoms with Crippen LogP contribution in [0.2, 0.25) is 0 Å². The first-order valence-electron chi connectivity index (χ1n) is 9.30. The third-order valence-electron chi connectivity index (χ3n) is 4.61. The van der Waals surface area contributed by atoms with Crippen molar-refractivity contribution in [3.63, 3.8) is 0 Å². The first kappa shape index (κ1) is 20.2. The summed E-state index contributed by atoms with van der Waals surface area (Å²) in [5, 5.41) is 2.92. The van der Waals surface area contributed by atoms with Gasteiger partial charge in [-0.1, -0.05) is 42.5 Å². The molecule has 1 aromatic heterocycles. The van der Waals surface area contributed by atoms with Crippen molar-refractivity contribution in [3.05, 3.63) is 93.9 Å².